The predicted molar refractivity (Wildman–Crippen MR) is 90.4 cm³/mol. The second-order valence-corrected chi connectivity index (χ2v) is 5.90. The molecule has 0 aliphatic heterocycles. The topological polar surface area (TPSA) is 21.7 Å². The van der Waals surface area contributed by atoms with Crippen molar-refractivity contribution in [3.8, 4) is 11.5 Å². The summed E-state index contributed by atoms with van der Waals surface area (Å²) in [6.45, 7) is 4.43. The van der Waals surface area contributed by atoms with E-state index in [0.29, 0.717) is 19.1 Å². The molecule has 0 radical (unpaired) electrons. The molecule has 3 heteroatoms. The number of hydrogen-bond acceptors (Lipinski definition) is 3. The molecule has 22 heavy (non-hydrogen) atoms. The van der Waals surface area contributed by atoms with Crippen LogP contribution < -0.4 is 9.47 Å². The summed E-state index contributed by atoms with van der Waals surface area (Å²) in [6.07, 6.45) is 0. The Labute approximate surface area is 133 Å². The van der Waals surface area contributed by atoms with Crippen molar-refractivity contribution in [1.82, 2.24) is 4.90 Å². The van der Waals surface area contributed by atoms with Crippen LogP contribution in [0.15, 0.2) is 54.6 Å². The van der Waals surface area contributed by atoms with Gasteiger partial charge in [-0.25, -0.2) is 0 Å². The molecule has 118 valence electrons. The van der Waals surface area contributed by atoms with Crippen molar-refractivity contribution < 1.29 is 9.47 Å². The van der Waals surface area contributed by atoms with E-state index in [9.17, 15) is 0 Å². The molecule has 0 saturated heterocycles. The van der Waals surface area contributed by atoms with Gasteiger partial charge in [0.15, 0.2) is 11.5 Å². The molecular formula is C19H25NO2. The SMILES string of the molecule is CC(COc1ccccc1OCc1ccccc1)CN(C)C. The van der Waals surface area contributed by atoms with Crippen molar-refractivity contribution in [3.05, 3.63) is 60.2 Å². The number of hydrogen-bond donors (Lipinski definition) is 0. The zero-order chi connectivity index (χ0) is 15.8. The third-order valence-corrected chi connectivity index (χ3v) is 3.29. The van der Waals surface area contributed by atoms with Crippen LogP contribution in [0.4, 0.5) is 0 Å². The Morgan fingerprint density at radius 2 is 1.45 bits per heavy atom. The van der Waals surface area contributed by atoms with Gasteiger partial charge in [0.25, 0.3) is 0 Å². The van der Waals surface area contributed by atoms with Crippen LogP contribution in [0.1, 0.15) is 12.5 Å². The summed E-state index contributed by atoms with van der Waals surface area (Å²) in [5.74, 6) is 2.07. The molecule has 2 aromatic carbocycles. The summed E-state index contributed by atoms with van der Waals surface area (Å²) in [6, 6.07) is 18.0. The lowest BCUT2D eigenvalue weighted by Gasteiger charge is -2.18. The summed E-state index contributed by atoms with van der Waals surface area (Å²) < 4.78 is 11.8. The first-order valence-corrected chi connectivity index (χ1v) is 7.68. The lowest BCUT2D eigenvalue weighted by atomic mass is 10.2. The average molecular weight is 299 g/mol. The molecule has 1 unspecified atom stereocenters. The number of benzene rings is 2. The van der Waals surface area contributed by atoms with E-state index in [1.165, 1.54) is 0 Å². The van der Waals surface area contributed by atoms with E-state index in [-0.39, 0.29) is 0 Å². The van der Waals surface area contributed by atoms with E-state index in [0.717, 1.165) is 23.6 Å². The minimum Gasteiger partial charge on any atom is -0.489 e. The van der Waals surface area contributed by atoms with Gasteiger partial charge in [-0.2, -0.15) is 0 Å². The lowest BCUT2D eigenvalue weighted by Crippen LogP contribution is -2.24. The van der Waals surface area contributed by atoms with Gasteiger partial charge >= 0.3 is 0 Å². The van der Waals surface area contributed by atoms with Gasteiger partial charge in [-0.05, 0) is 31.8 Å². The zero-order valence-electron chi connectivity index (χ0n) is 13.7. The van der Waals surface area contributed by atoms with Gasteiger partial charge in [0, 0.05) is 12.5 Å². The minimum absolute atomic E-state index is 0.470. The Bertz CT molecular complexity index is 554. The number of para-hydroxylation sites is 2. The maximum absolute atomic E-state index is 5.94. The van der Waals surface area contributed by atoms with Crippen molar-refractivity contribution in [1.29, 1.82) is 0 Å². The van der Waals surface area contributed by atoms with Gasteiger partial charge in [-0.1, -0.05) is 49.4 Å². The van der Waals surface area contributed by atoms with Crippen molar-refractivity contribution in [2.75, 3.05) is 27.2 Å². The summed E-state index contributed by atoms with van der Waals surface area (Å²) in [4.78, 5) is 2.17. The molecule has 0 aliphatic carbocycles. The van der Waals surface area contributed by atoms with Crippen molar-refractivity contribution in [3.63, 3.8) is 0 Å². The summed E-state index contributed by atoms with van der Waals surface area (Å²) >= 11 is 0. The molecule has 0 saturated carbocycles. The van der Waals surface area contributed by atoms with Crippen molar-refractivity contribution >= 4 is 0 Å². The zero-order valence-corrected chi connectivity index (χ0v) is 13.7. The van der Waals surface area contributed by atoms with E-state index in [1.54, 1.807) is 0 Å². The fraction of sp³-hybridized carbons (Fsp3) is 0.368. The van der Waals surface area contributed by atoms with E-state index < -0.39 is 0 Å². The summed E-state index contributed by atoms with van der Waals surface area (Å²) in [5, 5.41) is 0. The summed E-state index contributed by atoms with van der Waals surface area (Å²) in [7, 11) is 4.15. The van der Waals surface area contributed by atoms with Crippen LogP contribution in [-0.2, 0) is 6.61 Å². The maximum atomic E-state index is 5.94. The fourth-order valence-electron chi connectivity index (χ4n) is 2.33. The molecule has 0 N–H and O–H groups in total. The third kappa shape index (κ3) is 5.41. The molecular weight excluding hydrogens is 274 g/mol. The van der Waals surface area contributed by atoms with Gasteiger partial charge in [-0.15, -0.1) is 0 Å². The molecule has 0 aliphatic rings. The quantitative estimate of drug-likeness (QED) is 0.739. The molecule has 0 heterocycles. The van der Waals surface area contributed by atoms with Crippen LogP contribution in [0.2, 0.25) is 0 Å². The second kappa shape index (κ2) is 8.44. The number of rotatable bonds is 8. The highest BCUT2D eigenvalue weighted by Crippen LogP contribution is 2.27. The largest absolute Gasteiger partial charge is 0.489 e. The molecule has 0 fully saturated rings. The first kappa shape index (κ1) is 16.4. The highest BCUT2D eigenvalue weighted by Gasteiger charge is 2.08. The van der Waals surface area contributed by atoms with E-state index >= 15 is 0 Å². The van der Waals surface area contributed by atoms with E-state index in [4.69, 9.17) is 9.47 Å². The monoisotopic (exact) mass is 299 g/mol. The summed E-state index contributed by atoms with van der Waals surface area (Å²) in [5.41, 5.74) is 1.15. The van der Waals surface area contributed by atoms with E-state index in [2.05, 4.69) is 38.1 Å². The second-order valence-electron chi connectivity index (χ2n) is 5.90. The maximum Gasteiger partial charge on any atom is 0.161 e. The van der Waals surface area contributed by atoms with Crippen LogP contribution in [0.3, 0.4) is 0 Å². The Balaban J connectivity index is 1.92. The highest BCUT2D eigenvalue weighted by molar-refractivity contribution is 5.39. The molecule has 0 bridgehead atoms. The van der Waals surface area contributed by atoms with Crippen molar-refractivity contribution in [2.45, 2.75) is 13.5 Å². The van der Waals surface area contributed by atoms with Crippen LogP contribution in [0, 0.1) is 5.92 Å². The van der Waals surface area contributed by atoms with Gasteiger partial charge in [0.2, 0.25) is 0 Å². The standard InChI is InChI=1S/C19H25NO2/c1-16(13-20(2)3)14-21-18-11-7-8-12-19(18)22-15-17-9-5-4-6-10-17/h4-12,16H,13-15H2,1-3H3. The Hall–Kier alpha value is -2.00. The van der Waals surface area contributed by atoms with Crippen LogP contribution in [0.25, 0.3) is 0 Å². The molecule has 1 atom stereocenters. The van der Waals surface area contributed by atoms with Crippen LogP contribution >= 0.6 is 0 Å². The number of nitrogens with zero attached hydrogens (tertiary/aromatic N) is 1. The molecule has 0 amide bonds. The van der Waals surface area contributed by atoms with Gasteiger partial charge < -0.3 is 14.4 Å². The first-order chi connectivity index (χ1) is 10.6. The van der Waals surface area contributed by atoms with Crippen molar-refractivity contribution in [2.24, 2.45) is 5.92 Å². The highest BCUT2D eigenvalue weighted by atomic mass is 16.5. The smallest absolute Gasteiger partial charge is 0.161 e. The molecule has 2 aromatic rings. The Morgan fingerprint density at radius 1 is 0.864 bits per heavy atom. The predicted octanol–water partition coefficient (Wildman–Crippen LogP) is 3.84. The molecule has 0 aromatic heterocycles. The third-order valence-electron chi connectivity index (χ3n) is 3.29. The lowest BCUT2D eigenvalue weighted by molar-refractivity contribution is 0.208. The Kier molecular flexibility index (Phi) is 6.28. The van der Waals surface area contributed by atoms with Gasteiger partial charge in [0.1, 0.15) is 6.61 Å². The minimum atomic E-state index is 0.470. The van der Waals surface area contributed by atoms with Gasteiger partial charge in [0.05, 0.1) is 6.61 Å². The molecule has 0 spiro atoms. The molecule has 2 rings (SSSR count). The van der Waals surface area contributed by atoms with E-state index in [1.807, 2.05) is 42.5 Å². The Morgan fingerprint density at radius 3 is 2.09 bits per heavy atom. The van der Waals surface area contributed by atoms with Gasteiger partial charge in [-0.3, -0.25) is 0 Å². The first-order valence-electron chi connectivity index (χ1n) is 7.68. The molecule has 3 nitrogen and oxygen atoms in total. The average Bonchev–Trinajstić information content (AvgIpc) is 2.52. The van der Waals surface area contributed by atoms with Crippen LogP contribution in [-0.4, -0.2) is 32.1 Å². The van der Waals surface area contributed by atoms with Crippen LogP contribution in [0.5, 0.6) is 11.5 Å². The normalized spacial score (nSPS) is 12.2. The fourth-order valence-corrected chi connectivity index (χ4v) is 2.33. The number of ether oxygens (including phenoxy) is 2.